The molecule has 0 saturated carbocycles. The first-order valence-corrected chi connectivity index (χ1v) is 8.06. The van der Waals surface area contributed by atoms with E-state index in [1.807, 2.05) is 12.1 Å². The van der Waals surface area contributed by atoms with Crippen LogP contribution in [0.15, 0.2) is 24.3 Å². The summed E-state index contributed by atoms with van der Waals surface area (Å²) < 4.78 is 5.75. The van der Waals surface area contributed by atoms with Gasteiger partial charge in [0.1, 0.15) is 5.75 Å². The van der Waals surface area contributed by atoms with Crippen molar-refractivity contribution in [2.24, 2.45) is 5.92 Å². The van der Waals surface area contributed by atoms with E-state index in [4.69, 9.17) is 9.84 Å². The zero-order chi connectivity index (χ0) is 14.4. The van der Waals surface area contributed by atoms with E-state index < -0.39 is 6.09 Å². The van der Waals surface area contributed by atoms with Crippen LogP contribution in [0.5, 0.6) is 5.75 Å². The van der Waals surface area contributed by atoms with Crippen molar-refractivity contribution in [1.29, 1.82) is 0 Å². The van der Waals surface area contributed by atoms with Crippen LogP contribution >= 0.6 is 15.9 Å². The Kier molecular flexibility index (Phi) is 5.71. The summed E-state index contributed by atoms with van der Waals surface area (Å²) in [4.78, 5) is 12.3. The number of hydrogen-bond acceptors (Lipinski definition) is 2. The first kappa shape index (κ1) is 15.2. The molecule has 1 amide bonds. The molecule has 5 heteroatoms. The maximum absolute atomic E-state index is 10.8. The van der Waals surface area contributed by atoms with Gasteiger partial charge >= 0.3 is 6.09 Å². The van der Waals surface area contributed by atoms with E-state index in [9.17, 15) is 4.79 Å². The molecule has 4 nitrogen and oxygen atoms in total. The molecule has 1 fully saturated rings. The Morgan fingerprint density at radius 2 is 2.15 bits per heavy atom. The van der Waals surface area contributed by atoms with Crippen molar-refractivity contribution in [3.05, 3.63) is 29.8 Å². The van der Waals surface area contributed by atoms with Crippen LogP contribution in [-0.4, -0.2) is 41.1 Å². The number of ether oxygens (including phenoxy) is 1. The topological polar surface area (TPSA) is 49.8 Å². The highest BCUT2D eigenvalue weighted by Crippen LogP contribution is 2.19. The van der Waals surface area contributed by atoms with Crippen LogP contribution in [0.2, 0.25) is 0 Å². The maximum atomic E-state index is 10.8. The average molecular weight is 342 g/mol. The lowest BCUT2D eigenvalue weighted by Gasteiger charge is -2.13. The number of carboxylic acid groups (broad SMARTS) is 1. The van der Waals surface area contributed by atoms with Crippen molar-refractivity contribution >= 4 is 22.0 Å². The fourth-order valence-electron chi connectivity index (χ4n) is 2.38. The molecule has 1 N–H and O–H groups in total. The largest absolute Gasteiger partial charge is 0.493 e. The Hall–Kier alpha value is -1.23. The lowest BCUT2D eigenvalue weighted by Crippen LogP contribution is -2.27. The van der Waals surface area contributed by atoms with Crippen molar-refractivity contribution in [2.45, 2.75) is 19.3 Å². The molecule has 2 rings (SSSR count). The van der Waals surface area contributed by atoms with Gasteiger partial charge in [-0.05, 0) is 37.0 Å². The predicted octanol–water partition coefficient (Wildman–Crippen LogP) is 3.39. The van der Waals surface area contributed by atoms with Crippen LogP contribution in [-0.2, 0) is 6.42 Å². The van der Waals surface area contributed by atoms with E-state index in [0.29, 0.717) is 25.6 Å². The highest BCUT2D eigenvalue weighted by Gasteiger charge is 2.26. The third-order valence-electron chi connectivity index (χ3n) is 3.56. The number of rotatable bonds is 6. The van der Waals surface area contributed by atoms with Gasteiger partial charge in [0.05, 0.1) is 6.61 Å². The Labute approximate surface area is 127 Å². The van der Waals surface area contributed by atoms with Crippen LogP contribution in [0.3, 0.4) is 0 Å². The van der Waals surface area contributed by atoms with E-state index >= 15 is 0 Å². The minimum atomic E-state index is -0.830. The number of aryl methyl sites for hydroxylation is 1. The Bertz CT molecular complexity index is 435. The molecule has 0 aliphatic carbocycles. The summed E-state index contributed by atoms with van der Waals surface area (Å²) in [7, 11) is 0. The number of hydrogen-bond donors (Lipinski definition) is 1. The van der Waals surface area contributed by atoms with Crippen LogP contribution in [0.1, 0.15) is 18.4 Å². The van der Waals surface area contributed by atoms with Crippen molar-refractivity contribution < 1.29 is 14.6 Å². The number of halogens is 1. The van der Waals surface area contributed by atoms with Gasteiger partial charge in [0, 0.05) is 24.3 Å². The third kappa shape index (κ3) is 4.40. The van der Waals surface area contributed by atoms with Gasteiger partial charge < -0.3 is 14.7 Å². The summed E-state index contributed by atoms with van der Waals surface area (Å²) in [6.45, 7) is 1.79. The van der Waals surface area contributed by atoms with Gasteiger partial charge in [-0.15, -0.1) is 0 Å². The number of likely N-dealkylation sites (tertiary alicyclic amines) is 1. The van der Waals surface area contributed by atoms with Gasteiger partial charge in [-0.25, -0.2) is 4.79 Å². The SMILES string of the molecule is O=C(O)N1CCC(COc2ccc(CCCBr)cc2)C1. The van der Waals surface area contributed by atoms with Gasteiger partial charge in [-0.1, -0.05) is 28.1 Å². The molecule has 1 heterocycles. The highest BCUT2D eigenvalue weighted by atomic mass is 79.9. The Morgan fingerprint density at radius 3 is 2.75 bits per heavy atom. The second kappa shape index (κ2) is 7.53. The minimum Gasteiger partial charge on any atom is -0.493 e. The van der Waals surface area contributed by atoms with Gasteiger partial charge in [0.25, 0.3) is 0 Å². The van der Waals surface area contributed by atoms with Crippen molar-refractivity contribution in [2.75, 3.05) is 25.0 Å². The molecule has 20 heavy (non-hydrogen) atoms. The zero-order valence-electron chi connectivity index (χ0n) is 11.4. The molecule has 1 aromatic carbocycles. The summed E-state index contributed by atoms with van der Waals surface area (Å²) in [6.07, 6.45) is 2.26. The van der Waals surface area contributed by atoms with Crippen LogP contribution in [0, 0.1) is 5.92 Å². The monoisotopic (exact) mass is 341 g/mol. The van der Waals surface area contributed by atoms with E-state index in [1.54, 1.807) is 0 Å². The fourth-order valence-corrected chi connectivity index (χ4v) is 2.66. The molecule has 110 valence electrons. The number of nitrogens with zero attached hydrogens (tertiary/aromatic N) is 1. The summed E-state index contributed by atoms with van der Waals surface area (Å²) in [5.41, 5.74) is 1.31. The molecule has 1 aliphatic heterocycles. The Morgan fingerprint density at radius 1 is 1.40 bits per heavy atom. The van der Waals surface area contributed by atoms with Crippen molar-refractivity contribution in [3.63, 3.8) is 0 Å². The van der Waals surface area contributed by atoms with E-state index in [0.717, 1.165) is 30.3 Å². The molecule has 1 unspecified atom stereocenters. The molecular formula is C15H20BrNO3. The zero-order valence-corrected chi connectivity index (χ0v) is 13.0. The minimum absolute atomic E-state index is 0.305. The van der Waals surface area contributed by atoms with Crippen LogP contribution < -0.4 is 4.74 Å². The lowest BCUT2D eigenvalue weighted by molar-refractivity contribution is 0.151. The van der Waals surface area contributed by atoms with Crippen molar-refractivity contribution in [3.8, 4) is 5.75 Å². The number of alkyl halides is 1. The first-order valence-electron chi connectivity index (χ1n) is 6.94. The highest BCUT2D eigenvalue weighted by molar-refractivity contribution is 9.09. The second-order valence-corrected chi connectivity index (χ2v) is 5.92. The van der Waals surface area contributed by atoms with Crippen molar-refractivity contribution in [1.82, 2.24) is 4.90 Å². The smallest absolute Gasteiger partial charge is 0.407 e. The molecule has 0 aromatic heterocycles. The second-order valence-electron chi connectivity index (χ2n) is 5.13. The number of carbonyl (C=O) groups is 1. The van der Waals surface area contributed by atoms with Gasteiger partial charge in [-0.2, -0.15) is 0 Å². The molecule has 1 aliphatic rings. The van der Waals surface area contributed by atoms with E-state index in [1.165, 1.54) is 10.5 Å². The first-order chi connectivity index (χ1) is 9.69. The molecule has 1 saturated heterocycles. The molecule has 1 atom stereocenters. The number of benzene rings is 1. The van der Waals surface area contributed by atoms with Gasteiger partial charge in [0.2, 0.25) is 0 Å². The van der Waals surface area contributed by atoms with Gasteiger partial charge in [-0.3, -0.25) is 0 Å². The molecule has 1 aromatic rings. The van der Waals surface area contributed by atoms with E-state index in [-0.39, 0.29) is 0 Å². The quantitative estimate of drug-likeness (QED) is 0.806. The average Bonchev–Trinajstić information content (AvgIpc) is 2.93. The summed E-state index contributed by atoms with van der Waals surface area (Å²) in [5.74, 6) is 1.17. The number of amides is 1. The van der Waals surface area contributed by atoms with Gasteiger partial charge in [0.15, 0.2) is 0 Å². The fraction of sp³-hybridized carbons (Fsp3) is 0.533. The lowest BCUT2D eigenvalue weighted by atomic mass is 10.1. The molecule has 0 spiro atoms. The third-order valence-corrected chi connectivity index (χ3v) is 4.13. The molecular weight excluding hydrogens is 322 g/mol. The standard InChI is InChI=1S/C15H20BrNO3/c16-8-1-2-12-3-5-14(6-4-12)20-11-13-7-9-17(10-13)15(18)19/h3-6,13H,1-2,7-11H2,(H,18,19). The summed E-state index contributed by atoms with van der Waals surface area (Å²) in [6, 6.07) is 8.17. The summed E-state index contributed by atoms with van der Waals surface area (Å²) >= 11 is 3.43. The van der Waals surface area contributed by atoms with E-state index in [2.05, 4.69) is 28.1 Å². The Balaban J connectivity index is 1.75. The van der Waals surface area contributed by atoms with Crippen LogP contribution in [0.4, 0.5) is 4.79 Å². The predicted molar refractivity (Wildman–Crippen MR) is 81.8 cm³/mol. The molecule has 0 bridgehead atoms. The molecule has 0 radical (unpaired) electrons. The van der Waals surface area contributed by atoms with Crippen LogP contribution in [0.25, 0.3) is 0 Å². The normalized spacial score (nSPS) is 18.2. The maximum Gasteiger partial charge on any atom is 0.407 e. The summed E-state index contributed by atoms with van der Waals surface area (Å²) in [5, 5.41) is 9.92.